The molecule has 32 heavy (non-hydrogen) atoms. The summed E-state index contributed by atoms with van der Waals surface area (Å²) < 4.78 is 1.38. The highest BCUT2D eigenvalue weighted by Crippen LogP contribution is 2.18. The first kappa shape index (κ1) is 23.2. The molecule has 0 bridgehead atoms. The fourth-order valence-corrected chi connectivity index (χ4v) is 3.68. The number of aromatic nitrogens is 2. The van der Waals surface area contributed by atoms with Gasteiger partial charge in [0.15, 0.2) is 5.69 Å². The monoisotopic (exact) mass is 434 g/mol. The third-order valence-electron chi connectivity index (χ3n) is 5.47. The van der Waals surface area contributed by atoms with E-state index in [0.717, 1.165) is 19.3 Å². The summed E-state index contributed by atoms with van der Waals surface area (Å²) in [6.45, 7) is 7.64. The van der Waals surface area contributed by atoms with Crippen molar-refractivity contribution in [2.45, 2.75) is 46.6 Å². The van der Waals surface area contributed by atoms with Gasteiger partial charge in [-0.25, -0.2) is 4.68 Å². The molecule has 3 rings (SSSR count). The molecule has 0 aliphatic carbocycles. The number of aryl methyl sites for hydroxylation is 1. The SMILES string of the molecule is CCCCCn1nc(C(=O)Nc2cccc(C(=O)N(CC)CC)c2)c2ccccc2c1=O. The number of nitrogens with one attached hydrogen (secondary N) is 1. The third kappa shape index (κ3) is 5.04. The van der Waals surface area contributed by atoms with Crippen LogP contribution in [0, 0.1) is 0 Å². The highest BCUT2D eigenvalue weighted by atomic mass is 16.2. The molecule has 0 aliphatic heterocycles. The number of hydrogen-bond acceptors (Lipinski definition) is 4. The third-order valence-corrected chi connectivity index (χ3v) is 5.47. The van der Waals surface area contributed by atoms with Crippen LogP contribution in [0.4, 0.5) is 5.69 Å². The average Bonchev–Trinajstić information content (AvgIpc) is 2.81. The number of carbonyl (C=O) groups is 2. The molecule has 2 aromatic carbocycles. The Hall–Kier alpha value is -3.48. The van der Waals surface area contributed by atoms with Gasteiger partial charge in [-0.3, -0.25) is 14.4 Å². The number of carbonyl (C=O) groups excluding carboxylic acids is 2. The molecular weight excluding hydrogens is 404 g/mol. The van der Waals surface area contributed by atoms with Crippen molar-refractivity contribution in [1.82, 2.24) is 14.7 Å². The Balaban J connectivity index is 1.93. The van der Waals surface area contributed by atoms with Crippen molar-refractivity contribution in [3.63, 3.8) is 0 Å². The summed E-state index contributed by atoms with van der Waals surface area (Å²) in [6, 6.07) is 13.9. The van der Waals surface area contributed by atoms with E-state index in [1.54, 1.807) is 53.4 Å². The van der Waals surface area contributed by atoms with E-state index < -0.39 is 5.91 Å². The number of unbranched alkanes of at least 4 members (excludes halogenated alkanes) is 2. The van der Waals surface area contributed by atoms with Crippen LogP contribution in [-0.2, 0) is 6.54 Å². The molecule has 3 aromatic rings. The molecule has 7 heteroatoms. The molecule has 0 radical (unpaired) electrons. The lowest BCUT2D eigenvalue weighted by molar-refractivity contribution is 0.0772. The zero-order chi connectivity index (χ0) is 23.1. The van der Waals surface area contributed by atoms with Gasteiger partial charge in [-0.1, -0.05) is 44.0 Å². The second kappa shape index (κ2) is 10.7. The summed E-state index contributed by atoms with van der Waals surface area (Å²) in [5, 5.41) is 8.22. The molecule has 0 fully saturated rings. The Morgan fingerprint density at radius 2 is 1.69 bits per heavy atom. The average molecular weight is 435 g/mol. The van der Waals surface area contributed by atoms with Gasteiger partial charge in [0.05, 0.1) is 5.39 Å². The van der Waals surface area contributed by atoms with Crippen LogP contribution in [0.5, 0.6) is 0 Å². The van der Waals surface area contributed by atoms with E-state index in [4.69, 9.17) is 0 Å². The Labute approximate surface area is 188 Å². The van der Waals surface area contributed by atoms with Gasteiger partial charge in [0, 0.05) is 36.3 Å². The van der Waals surface area contributed by atoms with Gasteiger partial charge in [0.1, 0.15) is 0 Å². The Morgan fingerprint density at radius 3 is 2.38 bits per heavy atom. The molecule has 1 aromatic heterocycles. The van der Waals surface area contributed by atoms with Crippen molar-refractivity contribution < 1.29 is 9.59 Å². The van der Waals surface area contributed by atoms with Crippen LogP contribution in [-0.4, -0.2) is 39.6 Å². The van der Waals surface area contributed by atoms with Crippen LogP contribution >= 0.6 is 0 Å². The molecule has 0 unspecified atom stereocenters. The number of rotatable bonds is 9. The van der Waals surface area contributed by atoms with E-state index in [9.17, 15) is 14.4 Å². The minimum Gasteiger partial charge on any atom is -0.339 e. The van der Waals surface area contributed by atoms with Crippen molar-refractivity contribution >= 4 is 28.3 Å². The largest absolute Gasteiger partial charge is 0.339 e. The highest BCUT2D eigenvalue weighted by molar-refractivity contribution is 6.11. The maximum absolute atomic E-state index is 13.2. The zero-order valence-electron chi connectivity index (χ0n) is 18.9. The lowest BCUT2D eigenvalue weighted by Gasteiger charge is -2.19. The summed E-state index contributed by atoms with van der Waals surface area (Å²) >= 11 is 0. The zero-order valence-corrected chi connectivity index (χ0v) is 18.9. The van der Waals surface area contributed by atoms with Crippen LogP contribution in [0.3, 0.4) is 0 Å². The standard InChI is InChI=1S/C25H30N4O3/c1-4-7-10-16-29-25(32)21-15-9-8-14-20(21)22(27-29)23(30)26-19-13-11-12-18(17-19)24(31)28(5-2)6-3/h8-9,11-15,17H,4-7,10,16H2,1-3H3,(H,26,30). The Bertz CT molecular complexity index is 1170. The van der Waals surface area contributed by atoms with Crippen LogP contribution < -0.4 is 10.9 Å². The predicted octanol–water partition coefficient (Wildman–Crippen LogP) is 4.32. The fraction of sp³-hybridized carbons (Fsp3) is 0.360. The first-order valence-electron chi connectivity index (χ1n) is 11.2. The van der Waals surface area contributed by atoms with E-state index in [1.165, 1.54) is 4.68 Å². The van der Waals surface area contributed by atoms with Crippen molar-refractivity contribution in [1.29, 1.82) is 0 Å². The van der Waals surface area contributed by atoms with E-state index in [0.29, 0.717) is 41.7 Å². The van der Waals surface area contributed by atoms with E-state index in [2.05, 4.69) is 17.3 Å². The van der Waals surface area contributed by atoms with E-state index in [1.807, 2.05) is 13.8 Å². The molecule has 1 N–H and O–H groups in total. The molecule has 0 spiro atoms. The minimum atomic E-state index is -0.419. The second-order valence-corrected chi connectivity index (χ2v) is 7.64. The summed E-state index contributed by atoms with van der Waals surface area (Å²) in [5.41, 5.74) is 1.01. The Kier molecular flexibility index (Phi) is 7.76. The number of anilines is 1. The maximum Gasteiger partial charge on any atom is 0.276 e. The van der Waals surface area contributed by atoms with E-state index >= 15 is 0 Å². The van der Waals surface area contributed by atoms with E-state index in [-0.39, 0.29) is 17.2 Å². The topological polar surface area (TPSA) is 84.3 Å². The lowest BCUT2D eigenvalue weighted by Crippen LogP contribution is -2.30. The molecule has 0 saturated carbocycles. The lowest BCUT2D eigenvalue weighted by atomic mass is 10.1. The van der Waals surface area contributed by atoms with Crippen LogP contribution in [0.1, 0.15) is 60.9 Å². The second-order valence-electron chi connectivity index (χ2n) is 7.64. The number of amides is 2. The minimum absolute atomic E-state index is 0.0841. The highest BCUT2D eigenvalue weighted by Gasteiger charge is 2.18. The van der Waals surface area contributed by atoms with Crippen LogP contribution in [0.2, 0.25) is 0 Å². The first-order chi connectivity index (χ1) is 15.5. The summed E-state index contributed by atoms with van der Waals surface area (Å²) in [5.74, 6) is -0.503. The van der Waals surface area contributed by atoms with Crippen LogP contribution in [0.15, 0.2) is 53.3 Å². The molecule has 0 saturated heterocycles. The number of fused-ring (bicyclic) bond motifs is 1. The molecule has 168 valence electrons. The molecule has 0 aliphatic rings. The number of hydrogen-bond donors (Lipinski definition) is 1. The van der Waals surface area contributed by atoms with Crippen molar-refractivity contribution in [3.8, 4) is 0 Å². The van der Waals surface area contributed by atoms with Crippen LogP contribution in [0.25, 0.3) is 10.8 Å². The summed E-state index contributed by atoms with van der Waals surface area (Å²) in [4.78, 5) is 40.4. The van der Waals surface area contributed by atoms with Crippen molar-refractivity contribution in [2.75, 3.05) is 18.4 Å². The number of nitrogens with zero attached hydrogens (tertiary/aromatic N) is 3. The molecule has 2 amide bonds. The fourth-order valence-electron chi connectivity index (χ4n) is 3.68. The predicted molar refractivity (Wildman–Crippen MR) is 127 cm³/mol. The molecule has 7 nitrogen and oxygen atoms in total. The molecule has 0 atom stereocenters. The molecular formula is C25H30N4O3. The van der Waals surface area contributed by atoms with Crippen molar-refractivity contribution in [2.24, 2.45) is 0 Å². The normalized spacial score (nSPS) is 10.8. The van der Waals surface area contributed by atoms with Gasteiger partial charge in [0.2, 0.25) is 0 Å². The van der Waals surface area contributed by atoms with Gasteiger partial charge in [-0.2, -0.15) is 5.10 Å². The van der Waals surface area contributed by atoms with Gasteiger partial charge < -0.3 is 10.2 Å². The smallest absolute Gasteiger partial charge is 0.276 e. The van der Waals surface area contributed by atoms with Crippen molar-refractivity contribution in [3.05, 3.63) is 70.1 Å². The summed E-state index contributed by atoms with van der Waals surface area (Å²) in [7, 11) is 0. The van der Waals surface area contributed by atoms with Gasteiger partial charge >= 0.3 is 0 Å². The maximum atomic E-state index is 13.2. The number of benzene rings is 2. The van der Waals surface area contributed by atoms with Gasteiger partial charge in [0.25, 0.3) is 17.4 Å². The Morgan fingerprint density at radius 1 is 0.969 bits per heavy atom. The van der Waals surface area contributed by atoms with Gasteiger partial charge in [-0.15, -0.1) is 0 Å². The summed E-state index contributed by atoms with van der Waals surface area (Å²) in [6.07, 6.45) is 2.83. The molecule has 1 heterocycles. The quantitative estimate of drug-likeness (QED) is 0.508. The first-order valence-corrected chi connectivity index (χ1v) is 11.2. The van der Waals surface area contributed by atoms with Gasteiger partial charge in [-0.05, 0) is 44.5 Å².